The van der Waals surface area contributed by atoms with Gasteiger partial charge in [0.05, 0.1) is 40.6 Å². The number of aromatic nitrogens is 3. The Kier molecular flexibility index (Phi) is 6.35. The zero-order chi connectivity index (χ0) is 27.1. The molecule has 4 rings (SSSR count). The molecule has 0 aliphatic carbocycles. The largest absolute Gasteiger partial charge is 0.437 e. The molecule has 0 saturated heterocycles. The highest BCUT2D eigenvalue weighted by Crippen LogP contribution is 2.36. The number of nitrogens with zero attached hydrogens (tertiary/aromatic N) is 4. The zero-order valence-electron chi connectivity index (χ0n) is 18.8. The lowest BCUT2D eigenvalue weighted by Gasteiger charge is -2.11. The summed E-state index contributed by atoms with van der Waals surface area (Å²) in [7, 11) is 0. The van der Waals surface area contributed by atoms with Crippen LogP contribution in [0.3, 0.4) is 0 Å². The molecule has 8 nitrogen and oxygen atoms in total. The monoisotopic (exact) mass is 514 g/mol. The maximum atomic E-state index is 13.8. The highest BCUT2D eigenvalue weighted by atomic mass is 19.4. The number of alkyl halides is 3. The third-order valence-corrected chi connectivity index (χ3v) is 5.49. The van der Waals surface area contributed by atoms with Crippen molar-refractivity contribution in [3.63, 3.8) is 0 Å². The number of nitrogens with two attached hydrogens (primary N) is 1. The SMILES string of the molecule is Cc1c(NC(=O)c2cc(C(N)=O)c3ccc(F)cc3n2)c(C(F)(F)F)nn1Cc1cc(F)ccc1C#N. The van der Waals surface area contributed by atoms with E-state index >= 15 is 0 Å². The van der Waals surface area contributed by atoms with Crippen molar-refractivity contribution in [1.29, 1.82) is 5.26 Å². The quantitative estimate of drug-likeness (QED) is 0.384. The Bertz CT molecular complexity index is 1620. The number of nitriles is 1. The smallest absolute Gasteiger partial charge is 0.366 e. The third kappa shape index (κ3) is 4.94. The van der Waals surface area contributed by atoms with Crippen LogP contribution in [0, 0.1) is 29.9 Å². The first kappa shape index (κ1) is 25.2. The van der Waals surface area contributed by atoms with Crippen molar-refractivity contribution in [2.75, 3.05) is 5.32 Å². The van der Waals surface area contributed by atoms with E-state index in [-0.39, 0.29) is 33.3 Å². The summed E-state index contributed by atoms with van der Waals surface area (Å²) in [6, 6.07) is 9.25. The summed E-state index contributed by atoms with van der Waals surface area (Å²) in [6.07, 6.45) is -5.00. The zero-order valence-corrected chi connectivity index (χ0v) is 18.8. The van der Waals surface area contributed by atoms with Gasteiger partial charge in [-0.05, 0) is 48.9 Å². The Morgan fingerprint density at radius 2 is 1.78 bits per heavy atom. The normalized spacial score (nSPS) is 11.4. The second kappa shape index (κ2) is 9.30. The molecule has 0 atom stereocenters. The number of halogens is 5. The van der Waals surface area contributed by atoms with Crippen LogP contribution in [0.15, 0.2) is 42.5 Å². The molecule has 0 spiro atoms. The average Bonchev–Trinajstić information content (AvgIpc) is 3.13. The van der Waals surface area contributed by atoms with Crippen LogP contribution in [0.4, 0.5) is 27.6 Å². The van der Waals surface area contributed by atoms with E-state index in [2.05, 4.69) is 15.4 Å². The van der Waals surface area contributed by atoms with Crippen molar-refractivity contribution >= 4 is 28.4 Å². The van der Waals surface area contributed by atoms with Crippen molar-refractivity contribution in [3.05, 3.63) is 87.9 Å². The predicted octanol–water partition coefficient (Wildman–Crippen LogP) is 4.31. The van der Waals surface area contributed by atoms with Gasteiger partial charge in [0.2, 0.25) is 5.91 Å². The summed E-state index contributed by atoms with van der Waals surface area (Å²) < 4.78 is 69.7. The van der Waals surface area contributed by atoms with Crippen LogP contribution in [-0.4, -0.2) is 26.6 Å². The van der Waals surface area contributed by atoms with E-state index in [9.17, 15) is 36.8 Å². The van der Waals surface area contributed by atoms with Gasteiger partial charge in [-0.1, -0.05) is 0 Å². The van der Waals surface area contributed by atoms with Crippen LogP contribution in [-0.2, 0) is 12.7 Å². The number of anilines is 1. The first-order chi connectivity index (χ1) is 17.4. The molecule has 2 amide bonds. The molecule has 0 aliphatic rings. The van der Waals surface area contributed by atoms with Gasteiger partial charge in [0.15, 0.2) is 5.69 Å². The van der Waals surface area contributed by atoms with Gasteiger partial charge in [0.1, 0.15) is 17.3 Å². The summed E-state index contributed by atoms with van der Waals surface area (Å²) in [5.41, 5.74) is 2.34. The number of fused-ring (bicyclic) bond motifs is 1. The highest BCUT2D eigenvalue weighted by molar-refractivity contribution is 6.10. The molecule has 2 aromatic carbocycles. The number of hydrogen-bond acceptors (Lipinski definition) is 5. The lowest BCUT2D eigenvalue weighted by atomic mass is 10.1. The molecule has 0 radical (unpaired) electrons. The third-order valence-electron chi connectivity index (χ3n) is 5.49. The van der Waals surface area contributed by atoms with E-state index in [1.807, 2.05) is 6.07 Å². The highest BCUT2D eigenvalue weighted by Gasteiger charge is 2.39. The van der Waals surface area contributed by atoms with E-state index in [1.54, 1.807) is 0 Å². The Morgan fingerprint density at radius 3 is 2.43 bits per heavy atom. The molecule has 2 aromatic heterocycles. The van der Waals surface area contributed by atoms with Crippen molar-refractivity contribution in [3.8, 4) is 6.07 Å². The minimum atomic E-state index is -5.00. The standard InChI is InChI=1S/C24H15F5N6O2/c1-11-20(21(24(27,28)29)34-35(11)10-13-6-14(25)3-2-12(13)9-30)33-23(37)19-8-17(22(31)36)16-5-4-15(26)7-18(16)32-19/h2-8H,10H2,1H3,(H2,31,36)(H,33,37). The second-order valence-electron chi connectivity index (χ2n) is 7.91. The predicted molar refractivity (Wildman–Crippen MR) is 120 cm³/mol. The number of amides is 2. The molecule has 0 unspecified atom stereocenters. The van der Waals surface area contributed by atoms with Crippen LogP contribution >= 0.6 is 0 Å². The van der Waals surface area contributed by atoms with Crippen molar-refractivity contribution < 1.29 is 31.5 Å². The van der Waals surface area contributed by atoms with Gasteiger partial charge in [0, 0.05) is 11.5 Å². The van der Waals surface area contributed by atoms with Crippen LogP contribution in [0.5, 0.6) is 0 Å². The molecule has 13 heteroatoms. The topological polar surface area (TPSA) is 127 Å². The molecule has 3 N–H and O–H groups in total. The van der Waals surface area contributed by atoms with Gasteiger partial charge < -0.3 is 11.1 Å². The molecule has 0 aliphatic heterocycles. The Labute approximate surface area is 205 Å². The van der Waals surface area contributed by atoms with Gasteiger partial charge >= 0.3 is 6.18 Å². The van der Waals surface area contributed by atoms with E-state index < -0.39 is 53.2 Å². The molecule has 0 fully saturated rings. The van der Waals surface area contributed by atoms with Crippen molar-refractivity contribution in [2.45, 2.75) is 19.6 Å². The van der Waals surface area contributed by atoms with Gasteiger partial charge in [-0.3, -0.25) is 14.3 Å². The fourth-order valence-corrected chi connectivity index (χ4v) is 3.71. The summed E-state index contributed by atoms with van der Waals surface area (Å²) in [6.45, 7) is 0.839. The van der Waals surface area contributed by atoms with E-state index in [4.69, 9.17) is 5.73 Å². The van der Waals surface area contributed by atoms with Gasteiger partial charge in [0.25, 0.3) is 5.91 Å². The van der Waals surface area contributed by atoms with Crippen LogP contribution in [0.25, 0.3) is 10.9 Å². The van der Waals surface area contributed by atoms with Gasteiger partial charge in [-0.25, -0.2) is 13.8 Å². The number of rotatable bonds is 5. The molecular weight excluding hydrogens is 499 g/mol. The van der Waals surface area contributed by atoms with E-state index in [0.717, 1.165) is 35.0 Å². The number of pyridine rings is 1. The van der Waals surface area contributed by atoms with Crippen molar-refractivity contribution in [1.82, 2.24) is 14.8 Å². The Balaban J connectivity index is 1.77. The molecule has 188 valence electrons. The lowest BCUT2D eigenvalue weighted by Crippen LogP contribution is -2.19. The van der Waals surface area contributed by atoms with Gasteiger partial charge in [-0.15, -0.1) is 0 Å². The number of carbonyl (C=O) groups is 2. The molecule has 0 saturated carbocycles. The summed E-state index contributed by atoms with van der Waals surface area (Å²) in [5, 5.41) is 15.0. The summed E-state index contributed by atoms with van der Waals surface area (Å²) >= 11 is 0. The van der Waals surface area contributed by atoms with E-state index in [1.165, 1.54) is 19.1 Å². The molecule has 0 bridgehead atoms. The number of carbonyl (C=O) groups excluding carboxylic acids is 2. The van der Waals surface area contributed by atoms with E-state index in [0.29, 0.717) is 0 Å². The Morgan fingerprint density at radius 1 is 1.11 bits per heavy atom. The number of benzene rings is 2. The minimum absolute atomic E-state index is 0.0296. The number of hydrogen-bond donors (Lipinski definition) is 2. The molecule has 2 heterocycles. The van der Waals surface area contributed by atoms with Crippen LogP contribution in [0.2, 0.25) is 0 Å². The Hall–Kier alpha value is -4.86. The number of primary amides is 1. The lowest BCUT2D eigenvalue weighted by molar-refractivity contribution is -0.140. The van der Waals surface area contributed by atoms with Gasteiger partial charge in [-0.2, -0.15) is 23.5 Å². The average molecular weight is 514 g/mol. The molecular formula is C24H15F5N6O2. The first-order valence-electron chi connectivity index (χ1n) is 10.4. The fraction of sp³-hybridized carbons (Fsp3) is 0.125. The van der Waals surface area contributed by atoms with Crippen molar-refractivity contribution in [2.24, 2.45) is 5.73 Å². The summed E-state index contributed by atoms with van der Waals surface area (Å²) in [5.74, 6) is -3.53. The molecule has 4 aromatic rings. The fourth-order valence-electron chi connectivity index (χ4n) is 3.71. The summed E-state index contributed by atoms with van der Waals surface area (Å²) in [4.78, 5) is 28.8. The van der Waals surface area contributed by atoms with Crippen LogP contribution < -0.4 is 11.1 Å². The number of nitrogens with one attached hydrogen (secondary N) is 1. The maximum absolute atomic E-state index is 13.8. The minimum Gasteiger partial charge on any atom is -0.366 e. The maximum Gasteiger partial charge on any atom is 0.437 e. The second-order valence-corrected chi connectivity index (χ2v) is 7.91. The molecule has 37 heavy (non-hydrogen) atoms. The van der Waals surface area contributed by atoms with Crippen LogP contribution in [0.1, 0.15) is 43.4 Å². The first-order valence-corrected chi connectivity index (χ1v) is 10.4.